The lowest BCUT2D eigenvalue weighted by Gasteiger charge is -2.32. The molecule has 1 atom stereocenters. The topological polar surface area (TPSA) is 38.8 Å². The lowest BCUT2D eigenvalue weighted by molar-refractivity contribution is -0.199. The van der Waals surface area contributed by atoms with Crippen LogP contribution < -0.4 is 4.74 Å². The average Bonchev–Trinajstić information content (AvgIpc) is 2.47. The van der Waals surface area contributed by atoms with E-state index in [0.29, 0.717) is 19.8 Å². The molecule has 1 saturated heterocycles. The van der Waals surface area contributed by atoms with E-state index in [0.717, 1.165) is 30.6 Å². The molecule has 3 rings (SSSR count). The Balaban J connectivity index is 1.82. The number of nitrogens with zero attached hydrogens (tertiary/aromatic N) is 1. The summed E-state index contributed by atoms with van der Waals surface area (Å²) in [7, 11) is 0. The highest BCUT2D eigenvalue weighted by molar-refractivity contribution is 5.84. The molecule has 2 aliphatic rings. The zero-order chi connectivity index (χ0) is 12.4. The Morgan fingerprint density at radius 1 is 1.22 bits per heavy atom. The van der Waals surface area contributed by atoms with Crippen molar-refractivity contribution in [1.82, 2.24) is 5.06 Å². The number of ether oxygens (including phenoxy) is 1. The second-order valence-electron chi connectivity index (χ2n) is 4.71. The predicted octanol–water partition coefficient (Wildman–Crippen LogP) is 2.11. The van der Waals surface area contributed by atoms with Gasteiger partial charge in [-0.1, -0.05) is 18.2 Å². The van der Waals surface area contributed by atoms with Gasteiger partial charge in [0.05, 0.1) is 19.1 Å². The Hall–Kier alpha value is -1.55. The quantitative estimate of drug-likeness (QED) is 0.763. The van der Waals surface area contributed by atoms with Gasteiger partial charge in [-0.25, -0.2) is 5.06 Å². The van der Waals surface area contributed by atoms with Gasteiger partial charge in [-0.2, -0.15) is 0 Å². The Morgan fingerprint density at radius 3 is 2.94 bits per heavy atom. The van der Waals surface area contributed by atoms with Gasteiger partial charge in [-0.15, -0.1) is 0 Å². The number of benzene rings is 1. The van der Waals surface area contributed by atoms with Crippen LogP contribution in [-0.4, -0.2) is 30.7 Å². The van der Waals surface area contributed by atoms with E-state index in [2.05, 4.69) is 0 Å². The summed E-state index contributed by atoms with van der Waals surface area (Å²) in [6.07, 6.45) is 2.79. The lowest BCUT2D eigenvalue weighted by atomic mass is 9.92. The maximum absolute atomic E-state index is 12.5. The highest BCUT2D eigenvalue weighted by atomic mass is 16.7. The average molecular weight is 247 g/mol. The van der Waals surface area contributed by atoms with E-state index in [-0.39, 0.29) is 11.8 Å². The molecule has 0 aliphatic carbocycles. The SMILES string of the molecule is O=C(C1CCOc2ccccc21)N1CCCCO1. The molecule has 4 nitrogen and oxygen atoms in total. The van der Waals surface area contributed by atoms with Gasteiger partial charge in [0.2, 0.25) is 0 Å². The molecule has 2 heterocycles. The van der Waals surface area contributed by atoms with Gasteiger partial charge in [-0.3, -0.25) is 9.63 Å². The molecule has 0 radical (unpaired) electrons. The normalized spacial score (nSPS) is 23.1. The van der Waals surface area contributed by atoms with Crippen LogP contribution in [0.15, 0.2) is 24.3 Å². The number of hydrogen-bond acceptors (Lipinski definition) is 3. The lowest BCUT2D eigenvalue weighted by Crippen LogP contribution is -2.40. The van der Waals surface area contributed by atoms with Crippen molar-refractivity contribution >= 4 is 5.91 Å². The van der Waals surface area contributed by atoms with Crippen molar-refractivity contribution in [3.63, 3.8) is 0 Å². The third-order valence-electron chi connectivity index (χ3n) is 3.51. The van der Waals surface area contributed by atoms with E-state index in [4.69, 9.17) is 9.57 Å². The van der Waals surface area contributed by atoms with Crippen LogP contribution in [0.25, 0.3) is 0 Å². The molecule has 1 fully saturated rings. The van der Waals surface area contributed by atoms with E-state index in [1.807, 2.05) is 24.3 Å². The summed E-state index contributed by atoms with van der Waals surface area (Å²) in [6.45, 7) is 1.95. The Kier molecular flexibility index (Phi) is 3.19. The van der Waals surface area contributed by atoms with Crippen molar-refractivity contribution in [2.45, 2.75) is 25.2 Å². The molecule has 1 amide bonds. The van der Waals surface area contributed by atoms with Crippen LogP contribution in [0.3, 0.4) is 0 Å². The molecule has 1 aromatic rings. The van der Waals surface area contributed by atoms with Crippen molar-refractivity contribution < 1.29 is 14.4 Å². The third kappa shape index (κ3) is 2.08. The number of para-hydroxylation sites is 1. The molecule has 0 saturated carbocycles. The third-order valence-corrected chi connectivity index (χ3v) is 3.51. The Bertz CT molecular complexity index is 440. The summed E-state index contributed by atoms with van der Waals surface area (Å²) < 4.78 is 5.58. The summed E-state index contributed by atoms with van der Waals surface area (Å²) in [5, 5.41) is 1.54. The molecule has 96 valence electrons. The van der Waals surface area contributed by atoms with Gasteiger partial charge < -0.3 is 4.74 Å². The summed E-state index contributed by atoms with van der Waals surface area (Å²) in [4.78, 5) is 17.9. The number of amides is 1. The first kappa shape index (κ1) is 11.5. The molecule has 0 spiro atoms. The summed E-state index contributed by atoms with van der Waals surface area (Å²) in [5.41, 5.74) is 0.989. The second kappa shape index (κ2) is 4.98. The number of hydrogen-bond donors (Lipinski definition) is 0. The summed E-state index contributed by atoms with van der Waals surface area (Å²) >= 11 is 0. The molecule has 1 aromatic carbocycles. The van der Waals surface area contributed by atoms with Crippen molar-refractivity contribution in [3.05, 3.63) is 29.8 Å². The minimum atomic E-state index is -0.118. The van der Waals surface area contributed by atoms with Gasteiger partial charge in [-0.05, 0) is 25.3 Å². The van der Waals surface area contributed by atoms with Gasteiger partial charge in [0.1, 0.15) is 5.75 Å². The fourth-order valence-corrected chi connectivity index (χ4v) is 2.54. The number of carbonyl (C=O) groups is 1. The first-order chi connectivity index (χ1) is 8.86. The molecule has 0 aromatic heterocycles. The first-order valence-electron chi connectivity index (χ1n) is 6.52. The van der Waals surface area contributed by atoms with E-state index in [9.17, 15) is 4.79 Å². The van der Waals surface area contributed by atoms with Crippen LogP contribution in [0.1, 0.15) is 30.7 Å². The van der Waals surface area contributed by atoms with Crippen LogP contribution in [0, 0.1) is 0 Å². The highest BCUT2D eigenvalue weighted by Gasteiger charge is 2.32. The largest absolute Gasteiger partial charge is 0.493 e. The van der Waals surface area contributed by atoms with Crippen LogP contribution in [0.2, 0.25) is 0 Å². The zero-order valence-electron chi connectivity index (χ0n) is 10.3. The number of fused-ring (bicyclic) bond motifs is 1. The number of hydroxylamine groups is 2. The zero-order valence-corrected chi connectivity index (χ0v) is 10.3. The summed E-state index contributed by atoms with van der Waals surface area (Å²) in [5.74, 6) is 0.789. The monoisotopic (exact) mass is 247 g/mol. The van der Waals surface area contributed by atoms with E-state index >= 15 is 0 Å². The van der Waals surface area contributed by atoms with Gasteiger partial charge >= 0.3 is 0 Å². The predicted molar refractivity (Wildman–Crippen MR) is 66.2 cm³/mol. The smallest absolute Gasteiger partial charge is 0.253 e. The van der Waals surface area contributed by atoms with Crippen molar-refractivity contribution in [2.24, 2.45) is 0 Å². The fraction of sp³-hybridized carbons (Fsp3) is 0.500. The van der Waals surface area contributed by atoms with Crippen molar-refractivity contribution in [2.75, 3.05) is 19.8 Å². The number of carbonyl (C=O) groups excluding carboxylic acids is 1. The molecule has 18 heavy (non-hydrogen) atoms. The minimum absolute atomic E-state index is 0.0745. The van der Waals surface area contributed by atoms with E-state index < -0.39 is 0 Å². The second-order valence-corrected chi connectivity index (χ2v) is 4.71. The van der Waals surface area contributed by atoms with Crippen LogP contribution in [0.4, 0.5) is 0 Å². The van der Waals surface area contributed by atoms with E-state index in [1.54, 1.807) is 0 Å². The van der Waals surface area contributed by atoms with Crippen molar-refractivity contribution in [1.29, 1.82) is 0 Å². The molecule has 0 N–H and O–H groups in total. The Morgan fingerprint density at radius 2 is 2.11 bits per heavy atom. The van der Waals surface area contributed by atoms with Crippen LogP contribution in [0.5, 0.6) is 5.75 Å². The van der Waals surface area contributed by atoms with Crippen molar-refractivity contribution in [3.8, 4) is 5.75 Å². The van der Waals surface area contributed by atoms with Crippen LogP contribution >= 0.6 is 0 Å². The first-order valence-corrected chi connectivity index (χ1v) is 6.52. The van der Waals surface area contributed by atoms with Crippen LogP contribution in [-0.2, 0) is 9.63 Å². The molecule has 1 unspecified atom stereocenters. The minimum Gasteiger partial charge on any atom is -0.493 e. The maximum Gasteiger partial charge on any atom is 0.253 e. The van der Waals surface area contributed by atoms with Gasteiger partial charge in [0.15, 0.2) is 0 Å². The Labute approximate surface area is 106 Å². The fourth-order valence-electron chi connectivity index (χ4n) is 2.54. The molecular formula is C14H17NO3. The molecule has 4 heteroatoms. The maximum atomic E-state index is 12.5. The standard InChI is InChI=1S/C14H17NO3/c16-14(15-8-3-4-9-18-15)12-7-10-17-13-6-2-1-5-11(12)13/h1-2,5-6,12H,3-4,7-10H2. The summed E-state index contributed by atoms with van der Waals surface area (Å²) in [6, 6.07) is 7.78. The molecular weight excluding hydrogens is 230 g/mol. The molecule has 2 aliphatic heterocycles. The number of rotatable bonds is 1. The van der Waals surface area contributed by atoms with Gasteiger partial charge in [0.25, 0.3) is 5.91 Å². The van der Waals surface area contributed by atoms with Gasteiger partial charge in [0, 0.05) is 12.1 Å². The highest BCUT2D eigenvalue weighted by Crippen LogP contribution is 2.34. The molecule has 0 bridgehead atoms. The van der Waals surface area contributed by atoms with E-state index in [1.165, 1.54) is 5.06 Å².